The third kappa shape index (κ3) is 4.12. The Morgan fingerprint density at radius 2 is 2.12 bits per heavy atom. The lowest BCUT2D eigenvalue weighted by atomic mass is 9.93. The Labute approximate surface area is 152 Å². The van der Waals surface area contributed by atoms with Crippen molar-refractivity contribution in [1.82, 2.24) is 14.5 Å². The summed E-state index contributed by atoms with van der Waals surface area (Å²) in [5.41, 5.74) is 2.24. The number of imidazole rings is 1. The van der Waals surface area contributed by atoms with Gasteiger partial charge in [0.25, 0.3) is 0 Å². The molecule has 2 aromatic rings. The van der Waals surface area contributed by atoms with E-state index in [1.165, 1.54) is 6.42 Å². The van der Waals surface area contributed by atoms with Gasteiger partial charge >= 0.3 is 0 Å². The number of aryl methyl sites for hydroxylation is 1. The highest BCUT2D eigenvalue weighted by Gasteiger charge is 2.27. The molecule has 7 heteroatoms. The second-order valence-electron chi connectivity index (χ2n) is 7.58. The molecule has 6 nitrogen and oxygen atoms in total. The van der Waals surface area contributed by atoms with Crippen molar-refractivity contribution in [2.75, 3.05) is 11.9 Å². The Balaban J connectivity index is 1.83. The van der Waals surface area contributed by atoms with E-state index >= 15 is 0 Å². The van der Waals surface area contributed by atoms with E-state index in [2.05, 4.69) is 15.3 Å². The van der Waals surface area contributed by atoms with Gasteiger partial charge in [-0.2, -0.15) is 0 Å². The van der Waals surface area contributed by atoms with Gasteiger partial charge in [-0.25, -0.2) is 9.97 Å². The Kier molecular flexibility index (Phi) is 5.02. The van der Waals surface area contributed by atoms with E-state index in [4.69, 9.17) is 16.3 Å². The fourth-order valence-corrected chi connectivity index (χ4v) is 3.14. The molecular formula is C18H25ClN4O2. The minimum Gasteiger partial charge on any atom is -0.375 e. The van der Waals surface area contributed by atoms with E-state index in [0.29, 0.717) is 23.8 Å². The summed E-state index contributed by atoms with van der Waals surface area (Å²) in [7, 11) is 0. The molecule has 0 aromatic carbocycles. The summed E-state index contributed by atoms with van der Waals surface area (Å²) in [4.78, 5) is 21.4. The van der Waals surface area contributed by atoms with Crippen molar-refractivity contribution in [2.45, 2.75) is 65.0 Å². The lowest BCUT2D eigenvalue weighted by Gasteiger charge is -2.28. The molecule has 0 spiro atoms. The van der Waals surface area contributed by atoms with Crippen LogP contribution in [0.4, 0.5) is 5.95 Å². The lowest BCUT2D eigenvalue weighted by molar-refractivity contribution is -0.118. The summed E-state index contributed by atoms with van der Waals surface area (Å²) in [6, 6.07) is 2.11. The molecule has 0 unspecified atom stereocenters. The van der Waals surface area contributed by atoms with E-state index in [1.807, 2.05) is 32.3 Å². The minimum absolute atomic E-state index is 0.108. The largest absolute Gasteiger partial charge is 0.375 e. The van der Waals surface area contributed by atoms with Gasteiger partial charge < -0.3 is 4.74 Å². The summed E-state index contributed by atoms with van der Waals surface area (Å²) in [6.45, 7) is 8.25. The minimum atomic E-state index is -0.253. The average molecular weight is 365 g/mol. The van der Waals surface area contributed by atoms with Crippen LogP contribution in [0.2, 0.25) is 5.15 Å². The SMILES string of the molecule is Cc1cc(Cl)nc2c1nc(NC(=O)CCOC(C)(C)C)n2C1CCC1. The monoisotopic (exact) mass is 364 g/mol. The Morgan fingerprint density at radius 3 is 2.72 bits per heavy atom. The molecule has 0 saturated heterocycles. The predicted octanol–water partition coefficient (Wildman–Crippen LogP) is 4.26. The number of hydrogen-bond acceptors (Lipinski definition) is 4. The number of halogens is 1. The fourth-order valence-electron chi connectivity index (χ4n) is 2.89. The molecule has 3 rings (SSSR count). The molecule has 25 heavy (non-hydrogen) atoms. The summed E-state index contributed by atoms with van der Waals surface area (Å²) in [6.07, 6.45) is 3.60. The smallest absolute Gasteiger partial charge is 0.229 e. The molecule has 0 aliphatic heterocycles. The van der Waals surface area contributed by atoms with Crippen LogP contribution >= 0.6 is 11.6 Å². The average Bonchev–Trinajstić information content (AvgIpc) is 2.75. The molecule has 1 fully saturated rings. The third-order valence-corrected chi connectivity index (χ3v) is 4.56. The predicted molar refractivity (Wildman–Crippen MR) is 99.1 cm³/mol. The molecule has 1 aliphatic rings. The quantitative estimate of drug-likeness (QED) is 0.805. The first-order valence-corrected chi connectivity index (χ1v) is 9.11. The van der Waals surface area contributed by atoms with Gasteiger partial charge in [0.05, 0.1) is 18.6 Å². The molecular weight excluding hydrogens is 340 g/mol. The lowest BCUT2D eigenvalue weighted by Crippen LogP contribution is -2.25. The zero-order chi connectivity index (χ0) is 18.2. The highest BCUT2D eigenvalue weighted by Crippen LogP contribution is 2.37. The molecule has 1 N–H and O–H groups in total. The van der Waals surface area contributed by atoms with Gasteiger partial charge in [0.15, 0.2) is 5.65 Å². The van der Waals surface area contributed by atoms with Crippen molar-refractivity contribution in [3.8, 4) is 0 Å². The summed E-state index contributed by atoms with van der Waals surface area (Å²) >= 11 is 6.13. The number of carbonyl (C=O) groups excluding carboxylic acids is 1. The van der Waals surface area contributed by atoms with Crippen molar-refractivity contribution < 1.29 is 9.53 Å². The van der Waals surface area contributed by atoms with Crippen LogP contribution in [0.25, 0.3) is 11.2 Å². The highest BCUT2D eigenvalue weighted by atomic mass is 35.5. The van der Waals surface area contributed by atoms with E-state index in [-0.39, 0.29) is 17.9 Å². The van der Waals surface area contributed by atoms with Crippen LogP contribution in [-0.2, 0) is 9.53 Å². The number of fused-ring (bicyclic) bond motifs is 1. The van der Waals surface area contributed by atoms with E-state index in [1.54, 1.807) is 6.07 Å². The van der Waals surface area contributed by atoms with Crippen molar-refractivity contribution in [3.63, 3.8) is 0 Å². The molecule has 1 amide bonds. The number of anilines is 1. The molecule has 0 atom stereocenters. The van der Waals surface area contributed by atoms with Gasteiger partial charge in [0.2, 0.25) is 11.9 Å². The van der Waals surface area contributed by atoms with Gasteiger partial charge in [-0.05, 0) is 58.6 Å². The van der Waals surface area contributed by atoms with Crippen LogP contribution in [0.1, 0.15) is 58.1 Å². The first kappa shape index (κ1) is 18.1. The third-order valence-electron chi connectivity index (χ3n) is 4.36. The number of aromatic nitrogens is 3. The molecule has 1 saturated carbocycles. The number of hydrogen-bond donors (Lipinski definition) is 1. The molecule has 2 aromatic heterocycles. The zero-order valence-electron chi connectivity index (χ0n) is 15.2. The van der Waals surface area contributed by atoms with Crippen LogP contribution < -0.4 is 5.32 Å². The van der Waals surface area contributed by atoms with E-state index < -0.39 is 0 Å². The second-order valence-corrected chi connectivity index (χ2v) is 7.97. The van der Waals surface area contributed by atoms with Gasteiger partial charge in [0.1, 0.15) is 10.7 Å². The standard InChI is InChI=1S/C18H25ClN4O2/c1-11-10-13(19)20-16-15(11)22-17(23(16)12-6-5-7-12)21-14(24)8-9-25-18(2,3)4/h10,12H,5-9H2,1-4H3,(H,21,22,24). The van der Waals surface area contributed by atoms with Crippen molar-refractivity contribution in [1.29, 1.82) is 0 Å². The number of rotatable bonds is 5. The van der Waals surface area contributed by atoms with Crippen LogP contribution in [0.3, 0.4) is 0 Å². The Bertz CT molecular complexity index is 790. The maximum absolute atomic E-state index is 12.3. The summed E-state index contributed by atoms with van der Waals surface area (Å²) < 4.78 is 7.65. The van der Waals surface area contributed by atoms with Gasteiger partial charge in [-0.3, -0.25) is 14.7 Å². The molecule has 0 bridgehead atoms. The van der Waals surface area contributed by atoms with E-state index in [9.17, 15) is 4.79 Å². The number of nitrogens with zero attached hydrogens (tertiary/aromatic N) is 3. The topological polar surface area (TPSA) is 69.0 Å². The molecule has 136 valence electrons. The van der Waals surface area contributed by atoms with Crippen molar-refractivity contribution >= 4 is 34.6 Å². The van der Waals surface area contributed by atoms with Gasteiger partial charge in [-0.15, -0.1) is 0 Å². The maximum atomic E-state index is 12.3. The van der Waals surface area contributed by atoms with Crippen LogP contribution in [0.5, 0.6) is 0 Å². The molecule has 2 heterocycles. The molecule has 0 radical (unpaired) electrons. The Morgan fingerprint density at radius 1 is 1.40 bits per heavy atom. The van der Waals surface area contributed by atoms with Crippen LogP contribution in [-0.4, -0.2) is 32.7 Å². The first-order valence-electron chi connectivity index (χ1n) is 8.73. The number of nitrogens with one attached hydrogen (secondary N) is 1. The van der Waals surface area contributed by atoms with Gasteiger partial charge in [0, 0.05) is 6.04 Å². The fraction of sp³-hybridized carbons (Fsp3) is 0.611. The number of pyridine rings is 1. The van der Waals surface area contributed by atoms with Crippen molar-refractivity contribution in [2.24, 2.45) is 0 Å². The van der Waals surface area contributed by atoms with Crippen LogP contribution in [0, 0.1) is 6.92 Å². The Hall–Kier alpha value is -1.66. The summed E-state index contributed by atoms with van der Waals surface area (Å²) in [5, 5.41) is 3.38. The normalized spacial score (nSPS) is 15.4. The number of amides is 1. The van der Waals surface area contributed by atoms with Crippen molar-refractivity contribution in [3.05, 3.63) is 16.8 Å². The number of ether oxygens (including phenoxy) is 1. The van der Waals surface area contributed by atoms with Gasteiger partial charge in [-0.1, -0.05) is 11.6 Å². The summed E-state index contributed by atoms with van der Waals surface area (Å²) in [5.74, 6) is 0.446. The van der Waals surface area contributed by atoms with Crippen LogP contribution in [0.15, 0.2) is 6.07 Å². The number of carbonyl (C=O) groups is 1. The zero-order valence-corrected chi connectivity index (χ0v) is 16.0. The maximum Gasteiger partial charge on any atom is 0.229 e. The second kappa shape index (κ2) is 6.92. The van der Waals surface area contributed by atoms with E-state index in [0.717, 1.165) is 29.6 Å². The first-order chi connectivity index (χ1) is 11.7. The highest BCUT2D eigenvalue weighted by molar-refractivity contribution is 6.29. The molecule has 1 aliphatic carbocycles.